The van der Waals surface area contributed by atoms with Gasteiger partial charge in [-0.2, -0.15) is 0 Å². The fourth-order valence-corrected chi connectivity index (χ4v) is 3.93. The van der Waals surface area contributed by atoms with E-state index in [9.17, 15) is 5.11 Å². The lowest BCUT2D eigenvalue weighted by Crippen LogP contribution is -2.32. The molecular formula is C15H24N2OS. The highest BCUT2D eigenvalue weighted by Crippen LogP contribution is 2.47. The van der Waals surface area contributed by atoms with Crippen molar-refractivity contribution in [3.8, 4) is 0 Å². The van der Waals surface area contributed by atoms with Gasteiger partial charge in [0.25, 0.3) is 0 Å². The van der Waals surface area contributed by atoms with Gasteiger partial charge < -0.3 is 10.0 Å². The van der Waals surface area contributed by atoms with Crippen LogP contribution >= 0.6 is 11.3 Å². The Balaban J connectivity index is 1.86. The summed E-state index contributed by atoms with van der Waals surface area (Å²) in [5.41, 5.74) is 0.419. The fraction of sp³-hybridized carbons (Fsp3) is 0.800. The van der Waals surface area contributed by atoms with Gasteiger partial charge in [-0.1, -0.05) is 18.3 Å². The molecule has 1 aliphatic heterocycles. The van der Waals surface area contributed by atoms with Crippen LogP contribution in [0, 0.1) is 5.92 Å². The molecule has 4 heteroatoms. The van der Waals surface area contributed by atoms with Gasteiger partial charge in [0.2, 0.25) is 0 Å². The molecule has 106 valence electrons. The van der Waals surface area contributed by atoms with Gasteiger partial charge in [0.05, 0.1) is 16.2 Å². The molecule has 2 aliphatic rings. The third-order valence-electron chi connectivity index (χ3n) is 4.22. The van der Waals surface area contributed by atoms with Crippen molar-refractivity contribution in [3.05, 3.63) is 10.6 Å². The summed E-state index contributed by atoms with van der Waals surface area (Å²) >= 11 is 1.71. The lowest BCUT2D eigenvalue weighted by molar-refractivity contribution is 0.0813. The molecule has 0 radical (unpaired) electrons. The first kappa shape index (κ1) is 13.4. The Hall–Kier alpha value is -0.610. The molecule has 0 unspecified atom stereocenters. The minimum atomic E-state index is -0.753. The minimum Gasteiger partial charge on any atom is -0.385 e. The number of nitrogens with zero attached hydrogens (tertiary/aromatic N) is 2. The molecule has 1 saturated heterocycles. The Bertz CT molecular complexity index is 451. The Morgan fingerprint density at radius 2 is 1.84 bits per heavy atom. The summed E-state index contributed by atoms with van der Waals surface area (Å²) in [6.07, 6.45) is 5.00. The summed E-state index contributed by atoms with van der Waals surface area (Å²) in [4.78, 5) is 8.37. The molecule has 1 saturated carbocycles. The number of anilines is 1. The van der Waals surface area contributed by atoms with E-state index in [1.807, 2.05) is 13.8 Å². The molecular weight excluding hydrogens is 256 g/mol. The van der Waals surface area contributed by atoms with Gasteiger partial charge in [-0.15, -0.1) is 0 Å². The summed E-state index contributed by atoms with van der Waals surface area (Å²) in [5.74, 6) is 1.45. The number of rotatable bonds is 3. The molecule has 1 aliphatic carbocycles. The first-order chi connectivity index (χ1) is 8.95. The number of hydrogen-bond donors (Lipinski definition) is 1. The second-order valence-corrected chi connectivity index (χ2v) is 7.69. The van der Waals surface area contributed by atoms with Crippen molar-refractivity contribution in [2.24, 2.45) is 5.92 Å². The van der Waals surface area contributed by atoms with Crippen LogP contribution in [0.1, 0.15) is 62.9 Å². The van der Waals surface area contributed by atoms with E-state index in [1.54, 1.807) is 11.3 Å². The van der Waals surface area contributed by atoms with E-state index in [-0.39, 0.29) is 0 Å². The van der Waals surface area contributed by atoms with Crippen LogP contribution in [0.5, 0.6) is 0 Å². The van der Waals surface area contributed by atoms with Gasteiger partial charge in [0, 0.05) is 19.0 Å². The molecule has 0 spiro atoms. The average molecular weight is 280 g/mol. The number of aliphatic hydroxyl groups is 1. The van der Waals surface area contributed by atoms with E-state index in [2.05, 4.69) is 11.8 Å². The highest BCUT2D eigenvalue weighted by atomic mass is 32.1. The second-order valence-electron chi connectivity index (χ2n) is 6.71. The molecule has 1 aromatic rings. The van der Waals surface area contributed by atoms with E-state index in [4.69, 9.17) is 4.98 Å². The van der Waals surface area contributed by atoms with Crippen LogP contribution in [0.25, 0.3) is 0 Å². The molecule has 0 aromatic carbocycles. The van der Waals surface area contributed by atoms with Crippen molar-refractivity contribution in [1.82, 2.24) is 4.98 Å². The zero-order valence-corrected chi connectivity index (χ0v) is 13.0. The zero-order valence-electron chi connectivity index (χ0n) is 12.1. The Morgan fingerprint density at radius 1 is 1.21 bits per heavy atom. The molecule has 0 amide bonds. The summed E-state index contributed by atoms with van der Waals surface area (Å²) in [6.45, 7) is 8.33. The SMILES string of the molecule is CC1CCN(c2nc(C3CC3)c(C(C)(C)O)s2)CC1. The summed E-state index contributed by atoms with van der Waals surface area (Å²) in [5, 5.41) is 11.5. The lowest BCUT2D eigenvalue weighted by atomic mass is 10.00. The topological polar surface area (TPSA) is 36.4 Å². The number of aromatic nitrogens is 1. The lowest BCUT2D eigenvalue weighted by Gasteiger charge is -2.29. The Morgan fingerprint density at radius 3 is 2.37 bits per heavy atom. The van der Waals surface area contributed by atoms with Crippen molar-refractivity contribution in [2.75, 3.05) is 18.0 Å². The average Bonchev–Trinajstić information content (AvgIpc) is 3.08. The fourth-order valence-electron chi connectivity index (χ4n) is 2.73. The van der Waals surface area contributed by atoms with Crippen molar-refractivity contribution in [3.63, 3.8) is 0 Å². The minimum absolute atomic E-state index is 0.607. The van der Waals surface area contributed by atoms with Crippen LogP contribution < -0.4 is 4.90 Å². The van der Waals surface area contributed by atoms with Crippen molar-refractivity contribution in [1.29, 1.82) is 0 Å². The van der Waals surface area contributed by atoms with Crippen LogP contribution in [-0.4, -0.2) is 23.2 Å². The van der Waals surface area contributed by atoms with Crippen molar-refractivity contribution < 1.29 is 5.11 Å². The van der Waals surface area contributed by atoms with Gasteiger partial charge in [0.15, 0.2) is 5.13 Å². The first-order valence-electron chi connectivity index (χ1n) is 7.43. The smallest absolute Gasteiger partial charge is 0.185 e. The molecule has 1 N–H and O–H groups in total. The molecule has 1 aromatic heterocycles. The highest BCUT2D eigenvalue weighted by molar-refractivity contribution is 7.15. The van der Waals surface area contributed by atoms with E-state index in [1.165, 1.54) is 31.4 Å². The molecule has 0 atom stereocenters. The maximum atomic E-state index is 10.4. The first-order valence-corrected chi connectivity index (χ1v) is 8.25. The third-order valence-corrected chi connectivity index (χ3v) is 5.66. The molecule has 19 heavy (non-hydrogen) atoms. The Kier molecular flexibility index (Phi) is 3.34. The van der Waals surface area contributed by atoms with Gasteiger partial charge >= 0.3 is 0 Å². The molecule has 3 rings (SSSR count). The maximum absolute atomic E-state index is 10.4. The van der Waals surface area contributed by atoms with Crippen LogP contribution in [-0.2, 0) is 5.60 Å². The standard InChI is InChI=1S/C15H24N2OS/c1-10-6-8-17(9-7-10)14-16-12(11-4-5-11)13(19-14)15(2,3)18/h10-11,18H,4-9H2,1-3H3. The van der Waals surface area contributed by atoms with E-state index >= 15 is 0 Å². The maximum Gasteiger partial charge on any atom is 0.185 e. The summed E-state index contributed by atoms with van der Waals surface area (Å²) in [6, 6.07) is 0. The summed E-state index contributed by atoms with van der Waals surface area (Å²) in [7, 11) is 0. The van der Waals surface area contributed by atoms with Crippen LogP contribution in [0.2, 0.25) is 0 Å². The third kappa shape index (κ3) is 2.79. The van der Waals surface area contributed by atoms with E-state index in [0.29, 0.717) is 5.92 Å². The van der Waals surface area contributed by atoms with E-state index < -0.39 is 5.60 Å². The molecule has 0 bridgehead atoms. The van der Waals surface area contributed by atoms with Crippen LogP contribution in [0.3, 0.4) is 0 Å². The predicted octanol–water partition coefficient (Wildman–Crippen LogP) is 3.48. The van der Waals surface area contributed by atoms with Gasteiger partial charge in [-0.05, 0) is 45.4 Å². The van der Waals surface area contributed by atoms with Crippen molar-refractivity contribution in [2.45, 2.75) is 58.0 Å². The molecule has 2 heterocycles. The highest BCUT2D eigenvalue weighted by Gasteiger charge is 2.35. The number of piperidine rings is 1. The van der Waals surface area contributed by atoms with Gasteiger partial charge in [0.1, 0.15) is 0 Å². The largest absolute Gasteiger partial charge is 0.385 e. The van der Waals surface area contributed by atoms with Gasteiger partial charge in [-0.3, -0.25) is 0 Å². The number of thiazole rings is 1. The Labute approximate surface area is 119 Å². The second kappa shape index (κ2) is 4.74. The van der Waals surface area contributed by atoms with Gasteiger partial charge in [-0.25, -0.2) is 4.98 Å². The summed E-state index contributed by atoms with van der Waals surface area (Å²) < 4.78 is 0. The van der Waals surface area contributed by atoms with Crippen LogP contribution in [0.15, 0.2) is 0 Å². The quantitative estimate of drug-likeness (QED) is 0.921. The molecule has 3 nitrogen and oxygen atoms in total. The number of hydrogen-bond acceptors (Lipinski definition) is 4. The normalized spacial score (nSPS) is 22.0. The van der Waals surface area contributed by atoms with Crippen LogP contribution in [0.4, 0.5) is 5.13 Å². The predicted molar refractivity (Wildman–Crippen MR) is 79.9 cm³/mol. The molecule has 2 fully saturated rings. The van der Waals surface area contributed by atoms with Crippen molar-refractivity contribution >= 4 is 16.5 Å². The zero-order chi connectivity index (χ0) is 13.6. The monoisotopic (exact) mass is 280 g/mol. The van der Waals surface area contributed by atoms with E-state index in [0.717, 1.165) is 29.0 Å².